The van der Waals surface area contributed by atoms with Gasteiger partial charge in [0.2, 0.25) is 11.9 Å². The molecule has 5 rings (SSSR count). The number of carbonyl (C=O) groups excluding carboxylic acids is 1. The molecule has 2 aromatic rings. The number of hydrogen-bond acceptors (Lipinski definition) is 4. The van der Waals surface area contributed by atoms with E-state index in [1.807, 2.05) is 4.90 Å². The number of para-hydroxylation sites is 2. The Balaban J connectivity index is 1.34. The maximum Gasteiger partial charge on any atom is 0.225 e. The fourth-order valence-electron chi connectivity index (χ4n) is 5.15. The lowest BCUT2D eigenvalue weighted by Crippen LogP contribution is -2.47. The van der Waals surface area contributed by atoms with Crippen LogP contribution in [0, 0.1) is 5.92 Å². The third-order valence-corrected chi connectivity index (χ3v) is 6.72. The summed E-state index contributed by atoms with van der Waals surface area (Å²) < 4.78 is 7.88. The Kier molecular flexibility index (Phi) is 4.97. The van der Waals surface area contributed by atoms with Gasteiger partial charge >= 0.3 is 0 Å². The molecule has 150 valence electrons. The number of anilines is 1. The van der Waals surface area contributed by atoms with Gasteiger partial charge in [0, 0.05) is 38.1 Å². The number of amides is 1. The Morgan fingerprint density at radius 3 is 2.43 bits per heavy atom. The number of ether oxygens (including phenoxy) is 1. The SMILES string of the molecule is O=C(C1CCN(c2nc3ccccc3n2C2CCCC2)CC1)N1CCOCC1. The molecule has 1 aliphatic carbocycles. The minimum atomic E-state index is 0.152. The third-order valence-electron chi connectivity index (χ3n) is 6.72. The van der Waals surface area contributed by atoms with Crippen molar-refractivity contribution < 1.29 is 9.53 Å². The van der Waals surface area contributed by atoms with Crippen LogP contribution in [0.1, 0.15) is 44.6 Å². The summed E-state index contributed by atoms with van der Waals surface area (Å²) >= 11 is 0. The number of benzene rings is 1. The standard InChI is InChI=1S/C22H30N4O2/c27-21(24-13-15-28-16-14-24)17-9-11-25(12-10-17)22-23-19-7-3-4-8-20(19)26(22)18-5-1-2-6-18/h3-4,7-8,17-18H,1-2,5-6,9-16H2. The largest absolute Gasteiger partial charge is 0.378 e. The second-order valence-electron chi connectivity index (χ2n) is 8.41. The van der Waals surface area contributed by atoms with Crippen molar-refractivity contribution >= 4 is 22.9 Å². The van der Waals surface area contributed by atoms with Crippen LogP contribution in [0.25, 0.3) is 11.0 Å². The Hall–Kier alpha value is -2.08. The van der Waals surface area contributed by atoms with Crippen molar-refractivity contribution in [2.24, 2.45) is 5.92 Å². The van der Waals surface area contributed by atoms with Crippen LogP contribution in [0.4, 0.5) is 5.95 Å². The Morgan fingerprint density at radius 2 is 1.68 bits per heavy atom. The average Bonchev–Trinajstić information content (AvgIpc) is 3.41. The first-order valence-electron chi connectivity index (χ1n) is 10.9. The van der Waals surface area contributed by atoms with E-state index in [-0.39, 0.29) is 5.92 Å². The number of carbonyl (C=O) groups is 1. The van der Waals surface area contributed by atoms with Gasteiger partial charge in [-0.1, -0.05) is 25.0 Å². The number of piperidine rings is 1. The molecule has 0 N–H and O–H groups in total. The first kappa shape index (κ1) is 18.0. The van der Waals surface area contributed by atoms with Gasteiger partial charge in [0.1, 0.15) is 0 Å². The molecule has 2 saturated heterocycles. The van der Waals surface area contributed by atoms with E-state index in [0.717, 1.165) is 50.5 Å². The molecule has 0 spiro atoms. The predicted octanol–water partition coefficient (Wildman–Crippen LogP) is 3.23. The van der Waals surface area contributed by atoms with Crippen molar-refractivity contribution in [3.63, 3.8) is 0 Å². The fourth-order valence-corrected chi connectivity index (χ4v) is 5.15. The van der Waals surface area contributed by atoms with E-state index < -0.39 is 0 Å². The van der Waals surface area contributed by atoms with E-state index in [9.17, 15) is 4.79 Å². The number of nitrogens with zero attached hydrogens (tertiary/aromatic N) is 4. The number of fused-ring (bicyclic) bond motifs is 1. The second kappa shape index (κ2) is 7.74. The molecule has 0 unspecified atom stereocenters. The molecule has 28 heavy (non-hydrogen) atoms. The van der Waals surface area contributed by atoms with Gasteiger partial charge in [0.15, 0.2) is 0 Å². The number of hydrogen-bond donors (Lipinski definition) is 0. The Morgan fingerprint density at radius 1 is 0.964 bits per heavy atom. The summed E-state index contributed by atoms with van der Waals surface area (Å²) in [5.74, 6) is 1.59. The quantitative estimate of drug-likeness (QED) is 0.818. The Bertz CT molecular complexity index is 828. The van der Waals surface area contributed by atoms with E-state index in [4.69, 9.17) is 9.72 Å². The summed E-state index contributed by atoms with van der Waals surface area (Å²) in [5.41, 5.74) is 2.35. The van der Waals surface area contributed by atoms with Gasteiger partial charge in [-0.15, -0.1) is 0 Å². The van der Waals surface area contributed by atoms with E-state index >= 15 is 0 Å². The molecule has 1 aromatic heterocycles. The molecule has 1 saturated carbocycles. The third kappa shape index (κ3) is 3.28. The molecule has 0 bridgehead atoms. The summed E-state index contributed by atoms with van der Waals surface area (Å²) in [5, 5.41) is 0. The van der Waals surface area contributed by atoms with Crippen molar-refractivity contribution in [2.45, 2.75) is 44.6 Å². The van der Waals surface area contributed by atoms with E-state index in [1.165, 1.54) is 31.2 Å². The van der Waals surface area contributed by atoms with Gasteiger partial charge < -0.3 is 19.1 Å². The van der Waals surface area contributed by atoms with Crippen LogP contribution in [0.15, 0.2) is 24.3 Å². The highest BCUT2D eigenvalue weighted by molar-refractivity contribution is 5.80. The summed E-state index contributed by atoms with van der Waals surface area (Å²) in [6.07, 6.45) is 6.96. The minimum absolute atomic E-state index is 0.152. The molecule has 3 aliphatic rings. The minimum Gasteiger partial charge on any atom is -0.378 e. The van der Waals surface area contributed by atoms with E-state index in [2.05, 4.69) is 33.7 Å². The highest BCUT2D eigenvalue weighted by Gasteiger charge is 2.32. The molecule has 3 fully saturated rings. The van der Waals surface area contributed by atoms with Gasteiger partial charge in [-0.05, 0) is 37.8 Å². The second-order valence-corrected chi connectivity index (χ2v) is 8.41. The number of rotatable bonds is 3. The zero-order valence-corrected chi connectivity index (χ0v) is 16.6. The molecule has 6 heteroatoms. The molecule has 2 aliphatic heterocycles. The van der Waals surface area contributed by atoms with Crippen LogP contribution in [-0.2, 0) is 9.53 Å². The highest BCUT2D eigenvalue weighted by Crippen LogP contribution is 2.37. The zero-order valence-electron chi connectivity index (χ0n) is 16.6. The molecular weight excluding hydrogens is 352 g/mol. The molecule has 6 nitrogen and oxygen atoms in total. The average molecular weight is 383 g/mol. The van der Waals surface area contributed by atoms with Crippen LogP contribution >= 0.6 is 0 Å². The highest BCUT2D eigenvalue weighted by atomic mass is 16.5. The first-order valence-corrected chi connectivity index (χ1v) is 10.9. The smallest absolute Gasteiger partial charge is 0.225 e. The van der Waals surface area contributed by atoms with Gasteiger partial charge in [0.05, 0.1) is 24.2 Å². The van der Waals surface area contributed by atoms with E-state index in [1.54, 1.807) is 0 Å². The number of aromatic nitrogens is 2. The van der Waals surface area contributed by atoms with Crippen LogP contribution in [0.2, 0.25) is 0 Å². The van der Waals surface area contributed by atoms with Gasteiger partial charge in [-0.25, -0.2) is 4.98 Å². The Labute approximate surface area is 166 Å². The van der Waals surface area contributed by atoms with Crippen LogP contribution < -0.4 is 4.90 Å². The van der Waals surface area contributed by atoms with E-state index in [0.29, 0.717) is 25.2 Å². The first-order chi connectivity index (χ1) is 13.8. The van der Waals surface area contributed by atoms with Crippen LogP contribution in [0.5, 0.6) is 0 Å². The summed E-state index contributed by atoms with van der Waals surface area (Å²) in [7, 11) is 0. The predicted molar refractivity (Wildman–Crippen MR) is 110 cm³/mol. The lowest BCUT2D eigenvalue weighted by atomic mass is 9.95. The monoisotopic (exact) mass is 382 g/mol. The van der Waals surface area contributed by atoms with Crippen molar-refractivity contribution in [1.82, 2.24) is 14.5 Å². The molecule has 1 amide bonds. The van der Waals surface area contributed by atoms with Crippen LogP contribution in [0.3, 0.4) is 0 Å². The molecule has 0 atom stereocenters. The van der Waals surface area contributed by atoms with Crippen LogP contribution in [-0.4, -0.2) is 59.8 Å². The molecular formula is C22H30N4O2. The van der Waals surface area contributed by atoms with Gasteiger partial charge in [0.25, 0.3) is 0 Å². The van der Waals surface area contributed by atoms with Gasteiger partial charge in [-0.3, -0.25) is 4.79 Å². The molecule has 0 radical (unpaired) electrons. The maximum absolute atomic E-state index is 12.8. The summed E-state index contributed by atoms with van der Waals surface area (Å²) in [6.45, 7) is 4.67. The lowest BCUT2D eigenvalue weighted by molar-refractivity contribution is -0.140. The maximum atomic E-state index is 12.8. The van der Waals surface area contributed by atoms with Crippen molar-refractivity contribution in [2.75, 3.05) is 44.3 Å². The number of morpholine rings is 1. The van der Waals surface area contributed by atoms with Crippen molar-refractivity contribution in [3.8, 4) is 0 Å². The summed E-state index contributed by atoms with van der Waals surface area (Å²) in [6, 6.07) is 9.09. The number of imidazole rings is 1. The summed E-state index contributed by atoms with van der Waals surface area (Å²) in [4.78, 5) is 22.3. The van der Waals surface area contributed by atoms with Gasteiger partial charge in [-0.2, -0.15) is 0 Å². The van der Waals surface area contributed by atoms with Crippen molar-refractivity contribution in [3.05, 3.63) is 24.3 Å². The fraction of sp³-hybridized carbons (Fsp3) is 0.636. The lowest BCUT2D eigenvalue weighted by Gasteiger charge is -2.36. The molecule has 3 heterocycles. The van der Waals surface area contributed by atoms with Crippen molar-refractivity contribution in [1.29, 1.82) is 0 Å². The normalized spacial score (nSPS) is 22.3. The topological polar surface area (TPSA) is 50.6 Å². The molecule has 1 aromatic carbocycles. The zero-order chi connectivity index (χ0) is 18.9.